The van der Waals surface area contributed by atoms with E-state index in [0.717, 1.165) is 81.2 Å². The van der Waals surface area contributed by atoms with Crippen molar-refractivity contribution in [2.45, 2.75) is 57.3 Å². The molecule has 29 heavy (non-hydrogen) atoms. The van der Waals surface area contributed by atoms with Gasteiger partial charge in [-0.3, -0.25) is 9.78 Å². The van der Waals surface area contributed by atoms with E-state index in [9.17, 15) is 4.79 Å². The molecule has 2 aromatic heterocycles. The molecule has 2 aliphatic heterocycles. The average Bonchev–Trinajstić information content (AvgIpc) is 3.38. The van der Waals surface area contributed by atoms with Gasteiger partial charge in [-0.05, 0) is 51.2 Å². The third kappa shape index (κ3) is 3.80. The zero-order valence-electron chi connectivity index (χ0n) is 17.0. The van der Waals surface area contributed by atoms with Gasteiger partial charge in [0, 0.05) is 54.4 Å². The molecule has 1 aliphatic carbocycles. The van der Waals surface area contributed by atoms with Crippen molar-refractivity contribution >= 4 is 5.91 Å². The Bertz CT molecular complexity index is 878. The number of nitrogens with zero attached hydrogens (tertiary/aromatic N) is 4. The van der Waals surface area contributed by atoms with Crippen LogP contribution in [0.5, 0.6) is 0 Å². The van der Waals surface area contributed by atoms with Gasteiger partial charge in [-0.15, -0.1) is 0 Å². The first-order valence-electron chi connectivity index (χ1n) is 10.9. The van der Waals surface area contributed by atoms with Gasteiger partial charge in [-0.1, -0.05) is 11.6 Å². The Morgan fingerprint density at radius 3 is 2.59 bits per heavy atom. The second-order valence-electron chi connectivity index (χ2n) is 8.67. The molecule has 0 bridgehead atoms. The molecule has 1 atom stereocenters. The lowest BCUT2D eigenvalue weighted by atomic mass is 9.83. The standard InChI is InChI=1S/C22H28N4O3/c1-14-11-18(12-19(23-14)17-7-10-28-13-17)21-24-20(25-29-21)15-5-8-26(9-6-15)22(27)16-3-2-4-16/h11-12,15-17H,2-10,13H2,1H3. The summed E-state index contributed by atoms with van der Waals surface area (Å²) in [4.78, 5) is 23.9. The Morgan fingerprint density at radius 2 is 1.90 bits per heavy atom. The number of ether oxygens (including phenoxy) is 1. The lowest BCUT2D eigenvalue weighted by molar-refractivity contribution is -0.139. The molecule has 1 unspecified atom stereocenters. The number of aromatic nitrogens is 3. The maximum Gasteiger partial charge on any atom is 0.258 e. The van der Waals surface area contributed by atoms with E-state index in [1.165, 1.54) is 6.42 Å². The zero-order chi connectivity index (χ0) is 19.8. The highest BCUT2D eigenvalue weighted by Gasteiger charge is 2.33. The summed E-state index contributed by atoms with van der Waals surface area (Å²) in [5, 5.41) is 4.27. The summed E-state index contributed by atoms with van der Waals surface area (Å²) in [6.07, 6.45) is 6.13. The fourth-order valence-electron chi connectivity index (χ4n) is 4.58. The van der Waals surface area contributed by atoms with Gasteiger partial charge in [-0.25, -0.2) is 0 Å². The quantitative estimate of drug-likeness (QED) is 0.787. The van der Waals surface area contributed by atoms with Crippen molar-refractivity contribution in [1.82, 2.24) is 20.0 Å². The summed E-state index contributed by atoms with van der Waals surface area (Å²) in [5.74, 6) is 2.53. The molecule has 154 valence electrons. The molecule has 0 radical (unpaired) electrons. The minimum absolute atomic E-state index is 0.253. The molecular weight excluding hydrogens is 368 g/mol. The van der Waals surface area contributed by atoms with E-state index in [1.807, 2.05) is 17.9 Å². The van der Waals surface area contributed by atoms with Gasteiger partial charge >= 0.3 is 0 Å². The van der Waals surface area contributed by atoms with Crippen LogP contribution in [0.4, 0.5) is 0 Å². The number of piperidine rings is 1. The Labute approximate surface area is 170 Å². The molecule has 0 spiro atoms. The topological polar surface area (TPSA) is 81.4 Å². The van der Waals surface area contributed by atoms with Crippen LogP contribution in [0.3, 0.4) is 0 Å². The van der Waals surface area contributed by atoms with E-state index in [1.54, 1.807) is 0 Å². The predicted molar refractivity (Wildman–Crippen MR) is 106 cm³/mol. The highest BCUT2D eigenvalue weighted by atomic mass is 16.5. The first-order valence-corrected chi connectivity index (χ1v) is 10.9. The Kier molecular flexibility index (Phi) is 5.08. The number of carbonyl (C=O) groups excluding carboxylic acids is 1. The van der Waals surface area contributed by atoms with Crippen molar-refractivity contribution in [2.24, 2.45) is 5.92 Å². The minimum Gasteiger partial charge on any atom is -0.381 e. The molecule has 3 aliphatic rings. The Morgan fingerprint density at radius 1 is 1.07 bits per heavy atom. The number of hydrogen-bond donors (Lipinski definition) is 0. The van der Waals surface area contributed by atoms with Crippen LogP contribution in [0.25, 0.3) is 11.5 Å². The lowest BCUT2D eigenvalue weighted by Crippen LogP contribution is -2.43. The third-order valence-corrected chi connectivity index (χ3v) is 6.64. The molecular formula is C22H28N4O3. The molecule has 1 saturated carbocycles. The summed E-state index contributed by atoms with van der Waals surface area (Å²) < 4.78 is 11.1. The lowest BCUT2D eigenvalue weighted by Gasteiger charge is -2.35. The van der Waals surface area contributed by atoms with E-state index >= 15 is 0 Å². The smallest absolute Gasteiger partial charge is 0.258 e. The maximum atomic E-state index is 12.4. The van der Waals surface area contributed by atoms with Crippen molar-refractivity contribution in [2.75, 3.05) is 26.3 Å². The molecule has 1 amide bonds. The fraction of sp³-hybridized carbons (Fsp3) is 0.636. The van der Waals surface area contributed by atoms with Crippen molar-refractivity contribution < 1.29 is 14.1 Å². The number of hydrogen-bond acceptors (Lipinski definition) is 6. The number of rotatable bonds is 4. The first kappa shape index (κ1) is 18.7. The molecule has 3 fully saturated rings. The number of carbonyl (C=O) groups is 1. The second kappa shape index (κ2) is 7.86. The summed E-state index contributed by atoms with van der Waals surface area (Å²) in [6.45, 7) is 5.11. The van der Waals surface area contributed by atoms with Crippen LogP contribution in [0.15, 0.2) is 16.7 Å². The Hall–Kier alpha value is -2.28. The Balaban J connectivity index is 1.27. The largest absolute Gasteiger partial charge is 0.381 e. The average molecular weight is 396 g/mol. The van der Waals surface area contributed by atoms with Crippen LogP contribution in [0.1, 0.15) is 67.6 Å². The molecule has 7 heteroatoms. The fourth-order valence-corrected chi connectivity index (χ4v) is 4.58. The van der Waals surface area contributed by atoms with Crippen molar-refractivity contribution in [1.29, 1.82) is 0 Å². The molecule has 2 aromatic rings. The van der Waals surface area contributed by atoms with Crippen LogP contribution in [-0.4, -0.2) is 52.2 Å². The van der Waals surface area contributed by atoms with E-state index in [2.05, 4.69) is 16.2 Å². The van der Waals surface area contributed by atoms with Crippen molar-refractivity contribution in [3.05, 3.63) is 29.3 Å². The number of pyridine rings is 1. The molecule has 5 rings (SSSR count). The zero-order valence-corrected chi connectivity index (χ0v) is 17.0. The number of likely N-dealkylation sites (tertiary alicyclic amines) is 1. The maximum absolute atomic E-state index is 12.4. The molecule has 0 N–H and O–H groups in total. The predicted octanol–water partition coefficient (Wildman–Crippen LogP) is 3.45. The summed E-state index contributed by atoms with van der Waals surface area (Å²) in [6, 6.07) is 4.06. The summed E-state index contributed by atoms with van der Waals surface area (Å²) in [7, 11) is 0. The van der Waals surface area contributed by atoms with Crippen LogP contribution < -0.4 is 0 Å². The van der Waals surface area contributed by atoms with Crippen LogP contribution in [0.2, 0.25) is 0 Å². The summed E-state index contributed by atoms with van der Waals surface area (Å²) in [5.41, 5.74) is 2.92. The van der Waals surface area contributed by atoms with Gasteiger partial charge in [0.25, 0.3) is 5.89 Å². The van der Waals surface area contributed by atoms with Crippen LogP contribution in [-0.2, 0) is 9.53 Å². The number of aryl methyl sites for hydroxylation is 1. The normalized spacial score (nSPS) is 23.3. The highest BCUT2D eigenvalue weighted by Crippen LogP contribution is 2.33. The van der Waals surface area contributed by atoms with Gasteiger partial charge < -0.3 is 14.2 Å². The molecule has 0 aromatic carbocycles. The third-order valence-electron chi connectivity index (χ3n) is 6.64. The van der Waals surface area contributed by atoms with E-state index in [4.69, 9.17) is 14.2 Å². The van der Waals surface area contributed by atoms with Crippen LogP contribution in [0, 0.1) is 12.8 Å². The van der Waals surface area contributed by atoms with Crippen molar-refractivity contribution in [3.8, 4) is 11.5 Å². The van der Waals surface area contributed by atoms with E-state index in [0.29, 0.717) is 17.7 Å². The van der Waals surface area contributed by atoms with Crippen LogP contribution >= 0.6 is 0 Å². The highest BCUT2D eigenvalue weighted by molar-refractivity contribution is 5.79. The monoisotopic (exact) mass is 396 g/mol. The van der Waals surface area contributed by atoms with Crippen molar-refractivity contribution in [3.63, 3.8) is 0 Å². The summed E-state index contributed by atoms with van der Waals surface area (Å²) >= 11 is 0. The minimum atomic E-state index is 0.253. The SMILES string of the molecule is Cc1cc(-c2nc(C3CCN(C(=O)C4CCC4)CC3)no2)cc(C2CCOC2)n1. The van der Waals surface area contributed by atoms with E-state index < -0.39 is 0 Å². The molecule has 7 nitrogen and oxygen atoms in total. The van der Waals surface area contributed by atoms with Gasteiger partial charge in [0.05, 0.1) is 6.61 Å². The molecule has 2 saturated heterocycles. The second-order valence-corrected chi connectivity index (χ2v) is 8.67. The van der Waals surface area contributed by atoms with Gasteiger partial charge in [-0.2, -0.15) is 4.98 Å². The van der Waals surface area contributed by atoms with Gasteiger partial charge in [0.1, 0.15) is 0 Å². The number of amides is 1. The molecule has 4 heterocycles. The van der Waals surface area contributed by atoms with Gasteiger partial charge in [0.2, 0.25) is 5.91 Å². The first-order chi connectivity index (χ1) is 14.2. The van der Waals surface area contributed by atoms with Gasteiger partial charge in [0.15, 0.2) is 5.82 Å². The van der Waals surface area contributed by atoms with E-state index in [-0.39, 0.29) is 11.8 Å².